The standard InChI is InChI=1S/C13H16N4O2/c1-8-10(4-5-11(18)19)9(2)16-12(15-8)13-14-6-7-17(13)3/h6-7H,4-5H2,1-3H3,(H,18,19). The minimum atomic E-state index is -0.813. The first kappa shape index (κ1) is 13.2. The van der Waals surface area contributed by atoms with Crippen molar-refractivity contribution in [1.29, 1.82) is 0 Å². The molecule has 2 rings (SSSR count). The lowest BCUT2D eigenvalue weighted by molar-refractivity contribution is -0.136. The molecule has 0 bridgehead atoms. The highest BCUT2D eigenvalue weighted by molar-refractivity contribution is 5.67. The van der Waals surface area contributed by atoms with Crippen molar-refractivity contribution < 1.29 is 9.90 Å². The SMILES string of the molecule is Cc1nc(-c2nccn2C)nc(C)c1CCC(=O)O. The summed E-state index contributed by atoms with van der Waals surface area (Å²) in [7, 11) is 1.88. The molecule has 2 aromatic rings. The monoisotopic (exact) mass is 260 g/mol. The van der Waals surface area contributed by atoms with Gasteiger partial charge in [0.05, 0.1) is 0 Å². The minimum Gasteiger partial charge on any atom is -0.481 e. The Balaban J connectivity index is 2.37. The molecule has 6 heteroatoms. The van der Waals surface area contributed by atoms with Crippen molar-refractivity contribution in [2.24, 2.45) is 7.05 Å². The molecule has 0 aliphatic carbocycles. The highest BCUT2D eigenvalue weighted by Crippen LogP contribution is 2.18. The van der Waals surface area contributed by atoms with Crippen LogP contribution >= 0.6 is 0 Å². The van der Waals surface area contributed by atoms with Crippen LogP contribution in [0.2, 0.25) is 0 Å². The number of imidazole rings is 1. The summed E-state index contributed by atoms with van der Waals surface area (Å²) in [6.07, 6.45) is 4.07. The van der Waals surface area contributed by atoms with Gasteiger partial charge >= 0.3 is 5.97 Å². The van der Waals surface area contributed by atoms with E-state index in [1.165, 1.54) is 0 Å². The zero-order chi connectivity index (χ0) is 14.0. The average molecular weight is 260 g/mol. The van der Waals surface area contributed by atoms with Gasteiger partial charge in [0.2, 0.25) is 0 Å². The zero-order valence-corrected chi connectivity index (χ0v) is 11.2. The van der Waals surface area contributed by atoms with E-state index in [1.807, 2.05) is 31.7 Å². The summed E-state index contributed by atoms with van der Waals surface area (Å²) in [4.78, 5) is 23.7. The Labute approximate surface area is 111 Å². The van der Waals surface area contributed by atoms with Crippen LogP contribution in [0.5, 0.6) is 0 Å². The van der Waals surface area contributed by atoms with Crippen molar-refractivity contribution in [3.63, 3.8) is 0 Å². The highest BCUT2D eigenvalue weighted by atomic mass is 16.4. The largest absolute Gasteiger partial charge is 0.481 e. The number of hydrogen-bond donors (Lipinski definition) is 1. The van der Waals surface area contributed by atoms with Crippen LogP contribution in [0.15, 0.2) is 12.4 Å². The number of nitrogens with zero attached hydrogens (tertiary/aromatic N) is 4. The van der Waals surface area contributed by atoms with Gasteiger partial charge in [-0.15, -0.1) is 0 Å². The molecule has 0 aliphatic rings. The summed E-state index contributed by atoms with van der Waals surface area (Å²) < 4.78 is 1.85. The molecule has 0 atom stereocenters. The van der Waals surface area contributed by atoms with Crippen LogP contribution in [0.1, 0.15) is 23.4 Å². The molecule has 1 N–H and O–H groups in total. The lowest BCUT2D eigenvalue weighted by Crippen LogP contribution is -2.07. The number of aromatic nitrogens is 4. The molecular formula is C13H16N4O2. The molecule has 100 valence electrons. The fraction of sp³-hybridized carbons (Fsp3) is 0.385. The van der Waals surface area contributed by atoms with E-state index in [2.05, 4.69) is 15.0 Å². The van der Waals surface area contributed by atoms with Crippen LogP contribution in [0.4, 0.5) is 0 Å². The summed E-state index contributed by atoms with van der Waals surface area (Å²) >= 11 is 0. The van der Waals surface area contributed by atoms with Crippen LogP contribution in [-0.4, -0.2) is 30.6 Å². The Morgan fingerprint density at radius 2 is 1.95 bits per heavy atom. The van der Waals surface area contributed by atoms with Gasteiger partial charge in [-0.3, -0.25) is 4.79 Å². The molecule has 0 aromatic carbocycles. The van der Waals surface area contributed by atoms with E-state index in [4.69, 9.17) is 5.11 Å². The van der Waals surface area contributed by atoms with Gasteiger partial charge in [-0.25, -0.2) is 15.0 Å². The Bertz CT molecular complexity index is 596. The molecule has 0 fully saturated rings. The van der Waals surface area contributed by atoms with E-state index in [0.29, 0.717) is 18.1 Å². The number of carbonyl (C=O) groups is 1. The van der Waals surface area contributed by atoms with Crippen molar-refractivity contribution >= 4 is 5.97 Å². The summed E-state index contributed by atoms with van der Waals surface area (Å²) in [5, 5.41) is 8.74. The Kier molecular flexibility index (Phi) is 3.59. The third-order valence-electron chi connectivity index (χ3n) is 3.03. The van der Waals surface area contributed by atoms with Crippen molar-refractivity contribution in [2.45, 2.75) is 26.7 Å². The quantitative estimate of drug-likeness (QED) is 0.901. The maximum atomic E-state index is 10.6. The number of rotatable bonds is 4. The van der Waals surface area contributed by atoms with Crippen molar-refractivity contribution in [3.8, 4) is 11.6 Å². The Morgan fingerprint density at radius 3 is 2.42 bits per heavy atom. The van der Waals surface area contributed by atoms with E-state index in [-0.39, 0.29) is 6.42 Å². The van der Waals surface area contributed by atoms with Crippen LogP contribution in [0.3, 0.4) is 0 Å². The van der Waals surface area contributed by atoms with Crippen molar-refractivity contribution in [2.75, 3.05) is 0 Å². The molecule has 0 amide bonds. The highest BCUT2D eigenvalue weighted by Gasteiger charge is 2.13. The predicted octanol–water partition coefficient (Wildman–Crippen LogP) is 1.51. The number of hydrogen-bond acceptors (Lipinski definition) is 4. The van der Waals surface area contributed by atoms with Crippen LogP contribution < -0.4 is 0 Å². The van der Waals surface area contributed by atoms with E-state index >= 15 is 0 Å². The molecule has 0 saturated heterocycles. The van der Waals surface area contributed by atoms with E-state index in [9.17, 15) is 4.79 Å². The minimum absolute atomic E-state index is 0.0901. The number of carboxylic acids is 1. The summed E-state index contributed by atoms with van der Waals surface area (Å²) in [5.41, 5.74) is 2.53. The van der Waals surface area contributed by atoms with Gasteiger partial charge in [0.25, 0.3) is 0 Å². The molecule has 6 nitrogen and oxygen atoms in total. The fourth-order valence-electron chi connectivity index (χ4n) is 2.01. The summed E-state index contributed by atoms with van der Waals surface area (Å²) in [6, 6.07) is 0. The second kappa shape index (κ2) is 5.17. The third-order valence-corrected chi connectivity index (χ3v) is 3.03. The first-order valence-corrected chi connectivity index (χ1v) is 6.02. The van der Waals surface area contributed by atoms with E-state index < -0.39 is 5.97 Å². The van der Waals surface area contributed by atoms with Gasteiger partial charge in [-0.1, -0.05) is 0 Å². The maximum absolute atomic E-state index is 10.6. The smallest absolute Gasteiger partial charge is 0.303 e. The molecule has 0 radical (unpaired) electrons. The molecular weight excluding hydrogens is 244 g/mol. The van der Waals surface area contributed by atoms with E-state index in [1.54, 1.807) is 6.20 Å². The fourth-order valence-corrected chi connectivity index (χ4v) is 2.01. The average Bonchev–Trinajstić information content (AvgIpc) is 2.73. The van der Waals surface area contributed by atoms with Crippen LogP contribution in [-0.2, 0) is 18.3 Å². The lowest BCUT2D eigenvalue weighted by atomic mass is 10.1. The van der Waals surface area contributed by atoms with Gasteiger partial charge in [-0.2, -0.15) is 0 Å². The number of aryl methyl sites for hydroxylation is 3. The normalized spacial score (nSPS) is 10.7. The topological polar surface area (TPSA) is 80.9 Å². The van der Waals surface area contributed by atoms with Gasteiger partial charge < -0.3 is 9.67 Å². The molecule has 0 saturated carbocycles. The van der Waals surface area contributed by atoms with Crippen LogP contribution in [0.25, 0.3) is 11.6 Å². The van der Waals surface area contributed by atoms with E-state index in [0.717, 1.165) is 17.0 Å². The van der Waals surface area contributed by atoms with Crippen LogP contribution in [0, 0.1) is 13.8 Å². The Morgan fingerprint density at radius 1 is 1.32 bits per heavy atom. The van der Waals surface area contributed by atoms with Gasteiger partial charge in [0, 0.05) is 37.3 Å². The van der Waals surface area contributed by atoms with Gasteiger partial charge in [-0.05, 0) is 25.8 Å². The first-order chi connectivity index (χ1) is 8.99. The van der Waals surface area contributed by atoms with Gasteiger partial charge in [0.15, 0.2) is 11.6 Å². The molecule has 0 aliphatic heterocycles. The third kappa shape index (κ3) is 2.78. The predicted molar refractivity (Wildman–Crippen MR) is 69.7 cm³/mol. The maximum Gasteiger partial charge on any atom is 0.303 e. The zero-order valence-electron chi connectivity index (χ0n) is 11.2. The second-order valence-electron chi connectivity index (χ2n) is 4.45. The molecule has 2 aromatic heterocycles. The lowest BCUT2D eigenvalue weighted by Gasteiger charge is -2.09. The molecule has 19 heavy (non-hydrogen) atoms. The molecule has 0 unspecified atom stereocenters. The Hall–Kier alpha value is -2.24. The number of aliphatic carboxylic acids is 1. The first-order valence-electron chi connectivity index (χ1n) is 6.02. The second-order valence-corrected chi connectivity index (χ2v) is 4.45. The summed E-state index contributed by atoms with van der Waals surface area (Å²) in [5.74, 6) is 0.463. The molecule has 0 spiro atoms. The van der Waals surface area contributed by atoms with Crippen molar-refractivity contribution in [1.82, 2.24) is 19.5 Å². The summed E-state index contributed by atoms with van der Waals surface area (Å²) in [6.45, 7) is 3.75. The number of carboxylic acid groups (broad SMARTS) is 1. The molecule has 2 heterocycles. The van der Waals surface area contributed by atoms with Gasteiger partial charge in [0.1, 0.15) is 0 Å². The van der Waals surface area contributed by atoms with Crippen molar-refractivity contribution in [3.05, 3.63) is 29.3 Å².